The summed E-state index contributed by atoms with van der Waals surface area (Å²) in [5.74, 6) is 0. The summed E-state index contributed by atoms with van der Waals surface area (Å²) in [6, 6.07) is 0.729. The molecular formula is C10H16N2S. The molecule has 1 aromatic heterocycles. The van der Waals surface area contributed by atoms with Crippen LogP contribution in [0.4, 0.5) is 0 Å². The average Bonchev–Trinajstić information content (AvgIpc) is 2.42. The number of nitrogens with zero attached hydrogens (tertiary/aromatic N) is 2. The molecule has 0 radical (unpaired) electrons. The Morgan fingerprint density at radius 1 is 1.46 bits per heavy atom. The van der Waals surface area contributed by atoms with Crippen LogP contribution >= 0.6 is 11.3 Å². The smallest absolute Gasteiger partial charge is 0.0900 e. The maximum atomic E-state index is 4.54. The number of aromatic nitrogens is 1. The number of aryl methyl sites for hydroxylation is 2. The topological polar surface area (TPSA) is 16.1 Å². The fourth-order valence-electron chi connectivity index (χ4n) is 1.93. The molecular weight excluding hydrogens is 180 g/mol. The molecule has 1 aliphatic rings. The molecule has 1 aliphatic carbocycles. The van der Waals surface area contributed by atoms with E-state index in [1.807, 2.05) is 11.3 Å². The van der Waals surface area contributed by atoms with E-state index in [4.69, 9.17) is 0 Å². The molecule has 1 atom stereocenters. The van der Waals surface area contributed by atoms with Crippen LogP contribution in [0.25, 0.3) is 0 Å². The van der Waals surface area contributed by atoms with Crippen LogP contribution in [0.15, 0.2) is 0 Å². The first-order chi connectivity index (χ1) is 6.16. The summed E-state index contributed by atoms with van der Waals surface area (Å²) in [6.45, 7) is 2.10. The van der Waals surface area contributed by atoms with Crippen molar-refractivity contribution in [1.82, 2.24) is 9.88 Å². The Hall–Kier alpha value is -0.410. The number of likely N-dealkylation sites (N-methyl/N-ethyl adjacent to an activating group) is 1. The van der Waals surface area contributed by atoms with Crippen molar-refractivity contribution in [2.24, 2.45) is 0 Å². The van der Waals surface area contributed by atoms with Gasteiger partial charge in [-0.25, -0.2) is 4.98 Å². The number of hydrogen-bond acceptors (Lipinski definition) is 3. The molecule has 2 rings (SSSR count). The van der Waals surface area contributed by atoms with Gasteiger partial charge in [-0.1, -0.05) is 0 Å². The van der Waals surface area contributed by atoms with Gasteiger partial charge in [-0.05, 0) is 40.3 Å². The third-order valence-corrected chi connectivity index (χ3v) is 3.79. The lowest BCUT2D eigenvalue weighted by Crippen LogP contribution is -2.32. The van der Waals surface area contributed by atoms with Crippen molar-refractivity contribution in [2.45, 2.75) is 32.2 Å². The van der Waals surface area contributed by atoms with Crippen LogP contribution in [0.1, 0.15) is 22.0 Å². The molecule has 0 fully saturated rings. The molecule has 13 heavy (non-hydrogen) atoms. The van der Waals surface area contributed by atoms with Gasteiger partial charge in [0.05, 0.1) is 10.7 Å². The summed E-state index contributed by atoms with van der Waals surface area (Å²) in [5, 5.41) is 1.23. The Kier molecular flexibility index (Phi) is 2.39. The summed E-state index contributed by atoms with van der Waals surface area (Å²) >= 11 is 1.87. The third-order valence-electron chi connectivity index (χ3n) is 2.75. The quantitative estimate of drug-likeness (QED) is 0.681. The molecule has 1 aromatic rings. The summed E-state index contributed by atoms with van der Waals surface area (Å²) < 4.78 is 0. The fraction of sp³-hybridized carbons (Fsp3) is 0.700. The molecule has 0 bridgehead atoms. The monoisotopic (exact) mass is 196 g/mol. The van der Waals surface area contributed by atoms with Crippen LogP contribution in [0, 0.1) is 6.92 Å². The zero-order valence-electron chi connectivity index (χ0n) is 8.50. The highest BCUT2D eigenvalue weighted by molar-refractivity contribution is 7.11. The number of fused-ring (bicyclic) bond motifs is 1. The lowest BCUT2D eigenvalue weighted by atomic mass is 9.97. The summed E-state index contributed by atoms with van der Waals surface area (Å²) in [6.07, 6.45) is 3.64. The molecule has 0 saturated carbocycles. The summed E-state index contributed by atoms with van der Waals surface area (Å²) in [5.41, 5.74) is 1.36. The molecule has 0 N–H and O–H groups in total. The van der Waals surface area contributed by atoms with Crippen molar-refractivity contribution in [1.29, 1.82) is 0 Å². The normalized spacial score (nSPS) is 22.0. The molecule has 0 amide bonds. The van der Waals surface area contributed by atoms with E-state index in [-0.39, 0.29) is 0 Å². The molecule has 2 nitrogen and oxygen atoms in total. The molecule has 3 heteroatoms. The van der Waals surface area contributed by atoms with Crippen molar-refractivity contribution in [3.8, 4) is 0 Å². The average molecular weight is 196 g/mol. The lowest BCUT2D eigenvalue weighted by molar-refractivity contribution is 0.269. The first-order valence-electron chi connectivity index (χ1n) is 4.78. The van der Waals surface area contributed by atoms with Gasteiger partial charge in [-0.15, -0.1) is 11.3 Å². The van der Waals surface area contributed by atoms with Gasteiger partial charge in [0, 0.05) is 10.9 Å². The fourth-order valence-corrected chi connectivity index (χ4v) is 2.98. The van der Waals surface area contributed by atoms with E-state index in [1.54, 1.807) is 0 Å². The van der Waals surface area contributed by atoms with Gasteiger partial charge in [-0.3, -0.25) is 0 Å². The second kappa shape index (κ2) is 3.39. The van der Waals surface area contributed by atoms with Crippen molar-refractivity contribution in [3.63, 3.8) is 0 Å². The van der Waals surface area contributed by atoms with Gasteiger partial charge in [0.2, 0.25) is 0 Å². The van der Waals surface area contributed by atoms with E-state index in [0.717, 1.165) is 6.04 Å². The Balaban J connectivity index is 2.19. The first kappa shape index (κ1) is 9.16. The van der Waals surface area contributed by atoms with Crippen molar-refractivity contribution >= 4 is 11.3 Å². The van der Waals surface area contributed by atoms with Gasteiger partial charge in [0.1, 0.15) is 0 Å². The molecule has 0 aromatic carbocycles. The summed E-state index contributed by atoms with van der Waals surface area (Å²) in [4.78, 5) is 8.39. The Morgan fingerprint density at radius 2 is 2.23 bits per heavy atom. The molecule has 1 heterocycles. The number of rotatable bonds is 1. The van der Waals surface area contributed by atoms with Gasteiger partial charge in [0.15, 0.2) is 0 Å². The minimum Gasteiger partial charge on any atom is -0.306 e. The van der Waals surface area contributed by atoms with Crippen molar-refractivity contribution < 1.29 is 0 Å². The van der Waals surface area contributed by atoms with Crippen molar-refractivity contribution in [3.05, 3.63) is 15.6 Å². The van der Waals surface area contributed by atoms with E-state index >= 15 is 0 Å². The highest BCUT2D eigenvalue weighted by Gasteiger charge is 2.22. The van der Waals surface area contributed by atoms with Crippen LogP contribution in [0.2, 0.25) is 0 Å². The van der Waals surface area contributed by atoms with Crippen molar-refractivity contribution in [2.75, 3.05) is 14.1 Å². The van der Waals surface area contributed by atoms with E-state index < -0.39 is 0 Å². The first-order valence-corrected chi connectivity index (χ1v) is 5.60. The molecule has 72 valence electrons. The van der Waals surface area contributed by atoms with Gasteiger partial charge < -0.3 is 4.90 Å². The molecule has 0 aliphatic heterocycles. The largest absolute Gasteiger partial charge is 0.306 e. The van der Waals surface area contributed by atoms with Crippen LogP contribution in [0.3, 0.4) is 0 Å². The Bertz CT molecular complexity index is 304. The van der Waals surface area contributed by atoms with E-state index in [9.17, 15) is 0 Å². The van der Waals surface area contributed by atoms with Crippen LogP contribution < -0.4 is 0 Å². The van der Waals surface area contributed by atoms with E-state index in [1.165, 1.54) is 34.8 Å². The molecule has 1 unspecified atom stereocenters. The maximum Gasteiger partial charge on any atom is 0.0900 e. The highest BCUT2D eigenvalue weighted by atomic mass is 32.1. The third kappa shape index (κ3) is 1.76. The predicted molar refractivity (Wildman–Crippen MR) is 56.4 cm³/mol. The summed E-state index contributed by atoms with van der Waals surface area (Å²) in [7, 11) is 4.34. The SMILES string of the molecule is Cc1nc2c(s1)CC(N(C)C)CC2. The second-order valence-electron chi connectivity index (χ2n) is 3.96. The standard InChI is InChI=1S/C10H16N2S/c1-7-11-9-5-4-8(12(2)3)6-10(9)13-7/h8H,4-6H2,1-3H3. The van der Waals surface area contributed by atoms with Gasteiger partial charge in [0.25, 0.3) is 0 Å². The number of thiazole rings is 1. The zero-order chi connectivity index (χ0) is 9.42. The van der Waals surface area contributed by atoms with Gasteiger partial charge in [-0.2, -0.15) is 0 Å². The highest BCUT2D eigenvalue weighted by Crippen LogP contribution is 2.27. The van der Waals surface area contributed by atoms with Crippen LogP contribution in [0.5, 0.6) is 0 Å². The van der Waals surface area contributed by atoms with Gasteiger partial charge >= 0.3 is 0 Å². The second-order valence-corrected chi connectivity index (χ2v) is 5.25. The lowest BCUT2D eigenvalue weighted by Gasteiger charge is -2.27. The van der Waals surface area contributed by atoms with E-state index in [2.05, 4.69) is 30.9 Å². The maximum absolute atomic E-state index is 4.54. The minimum atomic E-state index is 0.729. The molecule has 0 saturated heterocycles. The Morgan fingerprint density at radius 3 is 2.92 bits per heavy atom. The minimum absolute atomic E-state index is 0.729. The van der Waals surface area contributed by atoms with Crippen LogP contribution in [-0.4, -0.2) is 30.0 Å². The molecule has 0 spiro atoms. The Labute approximate surface area is 83.6 Å². The predicted octanol–water partition coefficient (Wildman–Crippen LogP) is 1.87. The van der Waals surface area contributed by atoms with Crippen LogP contribution in [-0.2, 0) is 12.8 Å². The van der Waals surface area contributed by atoms with E-state index in [0.29, 0.717) is 0 Å². The zero-order valence-corrected chi connectivity index (χ0v) is 9.32. The number of hydrogen-bond donors (Lipinski definition) is 0.